The van der Waals surface area contributed by atoms with Crippen LogP contribution in [0, 0.1) is 11.6 Å². The Hall–Kier alpha value is -4.33. The number of hydrogen-bond donors (Lipinski definition) is 1. The number of benzene rings is 3. The third-order valence-corrected chi connectivity index (χ3v) is 5.34. The minimum atomic E-state index is -1.28. The van der Waals surface area contributed by atoms with E-state index >= 15 is 0 Å². The Bertz CT molecular complexity index is 1370. The van der Waals surface area contributed by atoms with Gasteiger partial charge in [-0.25, -0.2) is 13.8 Å². The van der Waals surface area contributed by atoms with Crippen molar-refractivity contribution in [3.8, 4) is 17.0 Å². The average Bonchev–Trinajstić information content (AvgIpc) is 2.85. The third-order valence-electron chi connectivity index (χ3n) is 5.34. The SMILES string of the molecule is COc1ccc(-c2cc(C(=O)N(CC(=O)O)Cc3cccc(F)c3F)c3ccccc3n2)cc1. The van der Waals surface area contributed by atoms with Crippen LogP contribution in [-0.2, 0) is 11.3 Å². The Balaban J connectivity index is 1.80. The molecule has 4 aromatic rings. The van der Waals surface area contributed by atoms with Crippen LogP contribution in [0.2, 0.25) is 0 Å². The summed E-state index contributed by atoms with van der Waals surface area (Å²) in [4.78, 5) is 30.7. The van der Waals surface area contributed by atoms with Crippen LogP contribution in [0.1, 0.15) is 15.9 Å². The molecule has 4 rings (SSSR count). The van der Waals surface area contributed by atoms with Gasteiger partial charge in [0.25, 0.3) is 5.91 Å². The van der Waals surface area contributed by atoms with Gasteiger partial charge in [0, 0.05) is 23.1 Å². The van der Waals surface area contributed by atoms with E-state index in [9.17, 15) is 23.5 Å². The quantitative estimate of drug-likeness (QED) is 0.422. The van der Waals surface area contributed by atoms with E-state index in [-0.39, 0.29) is 11.1 Å². The summed E-state index contributed by atoms with van der Waals surface area (Å²) in [5.74, 6) is -3.45. The summed E-state index contributed by atoms with van der Waals surface area (Å²) in [6, 6.07) is 19.2. The van der Waals surface area contributed by atoms with Gasteiger partial charge in [0.2, 0.25) is 0 Å². The van der Waals surface area contributed by atoms with Gasteiger partial charge in [0.1, 0.15) is 12.3 Å². The Morgan fingerprint density at radius 2 is 1.74 bits per heavy atom. The van der Waals surface area contributed by atoms with Gasteiger partial charge in [-0.1, -0.05) is 30.3 Å². The van der Waals surface area contributed by atoms with Crippen molar-refractivity contribution in [1.29, 1.82) is 0 Å². The molecule has 1 N–H and O–H groups in total. The van der Waals surface area contributed by atoms with Gasteiger partial charge in [-0.05, 0) is 42.5 Å². The molecule has 172 valence electrons. The molecule has 1 amide bonds. The number of carbonyl (C=O) groups excluding carboxylic acids is 1. The number of ether oxygens (including phenoxy) is 1. The fraction of sp³-hybridized carbons (Fsp3) is 0.115. The Kier molecular flexibility index (Phi) is 6.49. The van der Waals surface area contributed by atoms with Crippen LogP contribution in [-0.4, -0.2) is 40.5 Å². The molecule has 1 aromatic heterocycles. The van der Waals surface area contributed by atoms with Crippen molar-refractivity contribution in [3.05, 3.63) is 95.6 Å². The van der Waals surface area contributed by atoms with E-state index in [0.717, 1.165) is 16.5 Å². The highest BCUT2D eigenvalue weighted by molar-refractivity contribution is 6.07. The second-order valence-electron chi connectivity index (χ2n) is 7.57. The second-order valence-corrected chi connectivity index (χ2v) is 7.57. The van der Waals surface area contributed by atoms with Crippen LogP contribution in [0.5, 0.6) is 5.75 Å². The summed E-state index contributed by atoms with van der Waals surface area (Å²) in [6.45, 7) is -1.10. The van der Waals surface area contributed by atoms with Crippen LogP contribution >= 0.6 is 0 Å². The van der Waals surface area contributed by atoms with Crippen molar-refractivity contribution in [2.45, 2.75) is 6.54 Å². The molecule has 0 aliphatic carbocycles. The van der Waals surface area contributed by atoms with Crippen LogP contribution in [0.3, 0.4) is 0 Å². The molecule has 0 radical (unpaired) electrons. The molecule has 0 unspecified atom stereocenters. The first-order valence-electron chi connectivity index (χ1n) is 10.4. The van der Waals surface area contributed by atoms with Crippen LogP contribution in [0.4, 0.5) is 8.78 Å². The molecule has 34 heavy (non-hydrogen) atoms. The summed E-state index contributed by atoms with van der Waals surface area (Å²) in [5, 5.41) is 9.90. The fourth-order valence-corrected chi connectivity index (χ4v) is 3.67. The summed E-state index contributed by atoms with van der Waals surface area (Å²) >= 11 is 0. The van der Waals surface area contributed by atoms with E-state index in [2.05, 4.69) is 4.98 Å². The fourth-order valence-electron chi connectivity index (χ4n) is 3.67. The number of para-hydroxylation sites is 1. The number of fused-ring (bicyclic) bond motifs is 1. The predicted molar refractivity (Wildman–Crippen MR) is 122 cm³/mol. The van der Waals surface area contributed by atoms with Crippen LogP contribution in [0.15, 0.2) is 72.8 Å². The summed E-state index contributed by atoms with van der Waals surface area (Å²) in [5.41, 5.74) is 1.84. The van der Waals surface area contributed by atoms with E-state index in [1.807, 2.05) is 0 Å². The van der Waals surface area contributed by atoms with Gasteiger partial charge in [0.15, 0.2) is 11.6 Å². The lowest BCUT2D eigenvalue weighted by Crippen LogP contribution is -2.35. The molecule has 0 atom stereocenters. The number of rotatable bonds is 7. The molecular weight excluding hydrogens is 442 g/mol. The summed E-state index contributed by atoms with van der Waals surface area (Å²) < 4.78 is 33.2. The van der Waals surface area contributed by atoms with Gasteiger partial charge >= 0.3 is 5.97 Å². The molecule has 0 aliphatic rings. The number of aromatic nitrogens is 1. The Morgan fingerprint density at radius 3 is 2.44 bits per heavy atom. The number of aliphatic carboxylic acids is 1. The molecule has 0 fully saturated rings. The van der Waals surface area contributed by atoms with Gasteiger partial charge < -0.3 is 14.7 Å². The zero-order valence-corrected chi connectivity index (χ0v) is 18.2. The summed E-state index contributed by atoms with van der Waals surface area (Å²) in [6.07, 6.45) is 0. The standard InChI is InChI=1S/C26H20F2N2O4/c1-34-18-11-9-16(10-12-18)23-13-20(19-6-2-3-8-22(19)29-23)26(33)30(15-24(31)32)14-17-5-4-7-21(27)25(17)28/h2-13H,14-15H2,1H3,(H,31,32). The van der Waals surface area contributed by atoms with Crippen molar-refractivity contribution in [2.24, 2.45) is 0 Å². The first-order valence-corrected chi connectivity index (χ1v) is 10.4. The van der Waals surface area contributed by atoms with E-state index < -0.39 is 36.6 Å². The first kappa shape index (κ1) is 22.8. The van der Waals surface area contributed by atoms with Gasteiger partial charge in [-0.3, -0.25) is 9.59 Å². The minimum Gasteiger partial charge on any atom is -0.497 e. The Morgan fingerprint density at radius 1 is 1.00 bits per heavy atom. The number of carbonyl (C=O) groups is 2. The normalized spacial score (nSPS) is 10.8. The first-order chi connectivity index (χ1) is 16.4. The molecule has 0 saturated carbocycles. The van der Waals surface area contributed by atoms with E-state index in [1.54, 1.807) is 61.7 Å². The van der Waals surface area contributed by atoms with Crippen LogP contribution in [0.25, 0.3) is 22.2 Å². The van der Waals surface area contributed by atoms with Gasteiger partial charge in [-0.15, -0.1) is 0 Å². The lowest BCUT2D eigenvalue weighted by molar-refractivity contribution is -0.137. The van der Waals surface area contributed by atoms with Crippen molar-refractivity contribution >= 4 is 22.8 Å². The molecule has 1 heterocycles. The van der Waals surface area contributed by atoms with E-state index in [1.165, 1.54) is 12.1 Å². The number of carboxylic acids is 1. The molecular formula is C26H20F2N2O4. The van der Waals surface area contributed by atoms with Gasteiger partial charge in [-0.2, -0.15) is 0 Å². The maximum Gasteiger partial charge on any atom is 0.323 e. The Labute approximate surface area is 194 Å². The minimum absolute atomic E-state index is 0.122. The van der Waals surface area contributed by atoms with Gasteiger partial charge in [0.05, 0.1) is 23.9 Å². The molecule has 0 aliphatic heterocycles. The number of halogens is 2. The molecule has 6 nitrogen and oxygen atoms in total. The average molecular weight is 462 g/mol. The smallest absolute Gasteiger partial charge is 0.323 e. The number of amides is 1. The molecule has 3 aromatic carbocycles. The zero-order chi connectivity index (χ0) is 24.2. The number of carboxylic acid groups (broad SMARTS) is 1. The zero-order valence-electron chi connectivity index (χ0n) is 18.2. The lowest BCUT2D eigenvalue weighted by Gasteiger charge is -2.22. The number of methoxy groups -OCH3 is 1. The molecule has 0 bridgehead atoms. The monoisotopic (exact) mass is 462 g/mol. The van der Waals surface area contributed by atoms with E-state index in [0.29, 0.717) is 22.3 Å². The van der Waals surface area contributed by atoms with Crippen molar-refractivity contribution in [2.75, 3.05) is 13.7 Å². The highest BCUT2D eigenvalue weighted by Gasteiger charge is 2.24. The number of hydrogen-bond acceptors (Lipinski definition) is 4. The molecule has 0 spiro atoms. The predicted octanol–water partition coefficient (Wildman–Crippen LogP) is 4.92. The van der Waals surface area contributed by atoms with Crippen LogP contribution < -0.4 is 4.74 Å². The van der Waals surface area contributed by atoms with Crippen molar-refractivity contribution < 1.29 is 28.2 Å². The second kappa shape index (κ2) is 9.66. The van der Waals surface area contributed by atoms with E-state index in [4.69, 9.17) is 4.74 Å². The highest BCUT2D eigenvalue weighted by atomic mass is 19.2. The highest BCUT2D eigenvalue weighted by Crippen LogP contribution is 2.28. The lowest BCUT2D eigenvalue weighted by atomic mass is 10.0. The molecule has 8 heteroatoms. The third kappa shape index (κ3) is 4.71. The molecule has 0 saturated heterocycles. The number of pyridine rings is 1. The maximum atomic E-state index is 14.3. The maximum absolute atomic E-state index is 14.3. The summed E-state index contributed by atoms with van der Waals surface area (Å²) in [7, 11) is 1.55. The van der Waals surface area contributed by atoms with Crippen molar-refractivity contribution in [1.82, 2.24) is 9.88 Å². The topological polar surface area (TPSA) is 79.7 Å². The number of nitrogens with zero attached hydrogens (tertiary/aromatic N) is 2. The van der Waals surface area contributed by atoms with Crippen molar-refractivity contribution in [3.63, 3.8) is 0 Å². The largest absolute Gasteiger partial charge is 0.497 e.